The monoisotopic (exact) mass is 264 g/mol. The third-order valence-corrected chi connectivity index (χ3v) is 2.95. The first kappa shape index (κ1) is 15.5. The lowest BCUT2D eigenvalue weighted by atomic mass is 10.1. The number of amides is 1. The van der Waals surface area contributed by atoms with Crippen LogP contribution in [0, 0.1) is 12.8 Å². The maximum absolute atomic E-state index is 12.0. The molecular formula is C15H24N2O2. The van der Waals surface area contributed by atoms with E-state index in [2.05, 4.69) is 19.2 Å². The second kappa shape index (κ2) is 7.14. The minimum absolute atomic E-state index is 0.141. The SMILES string of the molecule is Cc1ccc(N)cc1NC(=O)C(C)OCCC(C)C. The predicted octanol–water partition coefficient (Wildman–Crippen LogP) is 2.97. The molecule has 1 unspecified atom stereocenters. The number of nitrogen functional groups attached to an aromatic ring is 1. The number of aryl methyl sites for hydroxylation is 1. The highest BCUT2D eigenvalue weighted by atomic mass is 16.5. The molecule has 1 atom stereocenters. The molecule has 1 amide bonds. The Bertz CT molecular complexity index is 430. The zero-order chi connectivity index (χ0) is 14.4. The number of carbonyl (C=O) groups is 1. The Labute approximate surface area is 115 Å². The Hall–Kier alpha value is -1.55. The lowest BCUT2D eigenvalue weighted by molar-refractivity contribution is -0.126. The van der Waals surface area contributed by atoms with Crippen molar-refractivity contribution in [3.8, 4) is 0 Å². The molecule has 19 heavy (non-hydrogen) atoms. The summed E-state index contributed by atoms with van der Waals surface area (Å²) in [7, 11) is 0. The van der Waals surface area contributed by atoms with Crippen molar-refractivity contribution in [3.63, 3.8) is 0 Å². The molecule has 0 aliphatic rings. The van der Waals surface area contributed by atoms with Crippen LogP contribution in [0.3, 0.4) is 0 Å². The molecule has 0 aromatic heterocycles. The molecule has 1 aromatic carbocycles. The second-order valence-corrected chi connectivity index (χ2v) is 5.26. The summed E-state index contributed by atoms with van der Waals surface area (Å²) in [5.74, 6) is 0.434. The first-order valence-corrected chi connectivity index (χ1v) is 6.68. The lowest BCUT2D eigenvalue weighted by Gasteiger charge is -2.15. The van der Waals surface area contributed by atoms with Crippen molar-refractivity contribution < 1.29 is 9.53 Å². The van der Waals surface area contributed by atoms with Gasteiger partial charge in [-0.15, -0.1) is 0 Å². The fourth-order valence-corrected chi connectivity index (χ4v) is 1.56. The normalized spacial score (nSPS) is 12.5. The van der Waals surface area contributed by atoms with Gasteiger partial charge in [0.1, 0.15) is 6.10 Å². The van der Waals surface area contributed by atoms with E-state index in [1.54, 1.807) is 13.0 Å². The molecule has 106 valence electrons. The van der Waals surface area contributed by atoms with Gasteiger partial charge in [-0.3, -0.25) is 4.79 Å². The van der Waals surface area contributed by atoms with E-state index in [0.717, 1.165) is 17.7 Å². The Balaban J connectivity index is 2.51. The van der Waals surface area contributed by atoms with Crippen molar-refractivity contribution in [1.82, 2.24) is 0 Å². The number of ether oxygens (including phenoxy) is 1. The zero-order valence-electron chi connectivity index (χ0n) is 12.2. The first-order valence-electron chi connectivity index (χ1n) is 6.68. The summed E-state index contributed by atoms with van der Waals surface area (Å²) in [6.07, 6.45) is 0.495. The molecule has 4 nitrogen and oxygen atoms in total. The molecule has 0 aliphatic heterocycles. The topological polar surface area (TPSA) is 64.3 Å². The first-order chi connectivity index (χ1) is 8.90. The minimum atomic E-state index is -0.459. The maximum atomic E-state index is 12.0. The predicted molar refractivity (Wildman–Crippen MR) is 79.1 cm³/mol. The number of anilines is 2. The van der Waals surface area contributed by atoms with Gasteiger partial charge in [0.15, 0.2) is 0 Å². The van der Waals surface area contributed by atoms with Gasteiger partial charge in [0.25, 0.3) is 5.91 Å². The number of hydrogen-bond acceptors (Lipinski definition) is 3. The number of benzene rings is 1. The maximum Gasteiger partial charge on any atom is 0.253 e. The van der Waals surface area contributed by atoms with Crippen LogP contribution in [0.15, 0.2) is 18.2 Å². The lowest BCUT2D eigenvalue weighted by Crippen LogP contribution is -2.28. The van der Waals surface area contributed by atoms with Crippen molar-refractivity contribution in [3.05, 3.63) is 23.8 Å². The summed E-state index contributed by atoms with van der Waals surface area (Å²) in [6, 6.07) is 5.46. The number of carbonyl (C=O) groups excluding carboxylic acids is 1. The van der Waals surface area contributed by atoms with Crippen LogP contribution in [-0.2, 0) is 9.53 Å². The van der Waals surface area contributed by atoms with Crippen molar-refractivity contribution in [2.75, 3.05) is 17.7 Å². The van der Waals surface area contributed by atoms with Crippen LogP contribution in [0.4, 0.5) is 11.4 Å². The molecule has 0 fully saturated rings. The Morgan fingerprint density at radius 2 is 2.05 bits per heavy atom. The van der Waals surface area contributed by atoms with Gasteiger partial charge in [-0.25, -0.2) is 0 Å². The average molecular weight is 264 g/mol. The summed E-state index contributed by atoms with van der Waals surface area (Å²) in [4.78, 5) is 12.0. The van der Waals surface area contributed by atoms with Crippen LogP contribution >= 0.6 is 0 Å². The average Bonchev–Trinajstić information content (AvgIpc) is 2.33. The van der Waals surface area contributed by atoms with Crippen molar-refractivity contribution >= 4 is 17.3 Å². The number of nitrogens with two attached hydrogens (primary N) is 1. The molecular weight excluding hydrogens is 240 g/mol. The molecule has 0 heterocycles. The zero-order valence-corrected chi connectivity index (χ0v) is 12.2. The third-order valence-electron chi connectivity index (χ3n) is 2.95. The fraction of sp³-hybridized carbons (Fsp3) is 0.533. The van der Waals surface area contributed by atoms with E-state index < -0.39 is 6.10 Å². The number of nitrogens with one attached hydrogen (secondary N) is 1. The van der Waals surface area contributed by atoms with Gasteiger partial charge >= 0.3 is 0 Å². The van der Waals surface area contributed by atoms with E-state index in [0.29, 0.717) is 18.2 Å². The quantitative estimate of drug-likeness (QED) is 0.776. The van der Waals surface area contributed by atoms with E-state index >= 15 is 0 Å². The van der Waals surface area contributed by atoms with Crippen molar-refractivity contribution in [1.29, 1.82) is 0 Å². The standard InChI is InChI=1S/C15H24N2O2/c1-10(2)7-8-19-12(4)15(18)17-14-9-13(16)6-5-11(14)3/h5-6,9-10,12H,7-8,16H2,1-4H3,(H,17,18). The summed E-state index contributed by atoms with van der Waals surface area (Å²) in [5.41, 5.74) is 8.07. The highest BCUT2D eigenvalue weighted by Gasteiger charge is 2.14. The van der Waals surface area contributed by atoms with E-state index in [1.807, 2.05) is 19.1 Å². The summed E-state index contributed by atoms with van der Waals surface area (Å²) >= 11 is 0. The summed E-state index contributed by atoms with van der Waals surface area (Å²) in [6.45, 7) is 8.55. The molecule has 1 rings (SSSR count). The van der Waals surface area contributed by atoms with Gasteiger partial charge in [-0.2, -0.15) is 0 Å². The molecule has 0 aliphatic carbocycles. The van der Waals surface area contributed by atoms with Crippen LogP contribution in [-0.4, -0.2) is 18.6 Å². The molecule has 1 aromatic rings. The van der Waals surface area contributed by atoms with Crippen LogP contribution in [0.25, 0.3) is 0 Å². The summed E-state index contributed by atoms with van der Waals surface area (Å²) < 4.78 is 5.51. The van der Waals surface area contributed by atoms with Crippen LogP contribution in [0.5, 0.6) is 0 Å². The molecule has 0 saturated carbocycles. The van der Waals surface area contributed by atoms with E-state index in [4.69, 9.17) is 10.5 Å². The molecule has 4 heteroatoms. The molecule has 0 bridgehead atoms. The van der Waals surface area contributed by atoms with Gasteiger partial charge in [0.05, 0.1) is 0 Å². The Morgan fingerprint density at radius 3 is 2.68 bits per heavy atom. The smallest absolute Gasteiger partial charge is 0.253 e. The largest absolute Gasteiger partial charge is 0.399 e. The van der Waals surface area contributed by atoms with Gasteiger partial charge in [-0.1, -0.05) is 19.9 Å². The molecule has 0 saturated heterocycles. The fourth-order valence-electron chi connectivity index (χ4n) is 1.56. The van der Waals surface area contributed by atoms with Gasteiger partial charge in [0, 0.05) is 18.0 Å². The summed E-state index contributed by atoms with van der Waals surface area (Å²) in [5, 5.41) is 2.84. The Kier molecular flexibility index (Phi) is 5.83. The van der Waals surface area contributed by atoms with Crippen LogP contribution in [0.1, 0.15) is 32.8 Å². The Morgan fingerprint density at radius 1 is 1.37 bits per heavy atom. The molecule has 0 spiro atoms. The van der Waals surface area contributed by atoms with Crippen LogP contribution in [0.2, 0.25) is 0 Å². The molecule has 3 N–H and O–H groups in total. The van der Waals surface area contributed by atoms with E-state index in [1.165, 1.54) is 0 Å². The van der Waals surface area contributed by atoms with E-state index in [-0.39, 0.29) is 5.91 Å². The highest BCUT2D eigenvalue weighted by Crippen LogP contribution is 2.18. The number of rotatable bonds is 6. The van der Waals surface area contributed by atoms with Crippen molar-refractivity contribution in [2.45, 2.75) is 40.2 Å². The molecule has 0 radical (unpaired) electrons. The highest BCUT2D eigenvalue weighted by molar-refractivity contribution is 5.95. The van der Waals surface area contributed by atoms with Gasteiger partial charge < -0.3 is 15.8 Å². The van der Waals surface area contributed by atoms with Gasteiger partial charge in [-0.05, 0) is 43.9 Å². The van der Waals surface area contributed by atoms with Crippen molar-refractivity contribution in [2.24, 2.45) is 5.92 Å². The minimum Gasteiger partial charge on any atom is -0.399 e. The van der Waals surface area contributed by atoms with Crippen LogP contribution < -0.4 is 11.1 Å². The number of hydrogen-bond donors (Lipinski definition) is 2. The third kappa shape index (κ3) is 5.30. The second-order valence-electron chi connectivity index (χ2n) is 5.26. The van der Waals surface area contributed by atoms with Gasteiger partial charge in [0.2, 0.25) is 0 Å². The van der Waals surface area contributed by atoms with E-state index in [9.17, 15) is 4.79 Å².